The maximum atomic E-state index is 12.3. The number of alkyl halides is 2. The van der Waals surface area contributed by atoms with Crippen LogP contribution in [0, 0.1) is 5.92 Å². The number of halogens is 2. The molecule has 2 aromatic rings. The minimum Gasteiger partial charge on any atom is -0.492 e. The summed E-state index contributed by atoms with van der Waals surface area (Å²) in [7, 11) is 0. The van der Waals surface area contributed by atoms with Crippen LogP contribution >= 0.6 is 0 Å². The average molecular weight is 307 g/mol. The lowest BCUT2D eigenvalue weighted by Gasteiger charge is -2.24. The number of aromatic nitrogens is 2. The van der Waals surface area contributed by atoms with Crippen molar-refractivity contribution in [2.45, 2.75) is 19.4 Å². The highest BCUT2D eigenvalue weighted by Crippen LogP contribution is 2.27. The second-order valence-electron chi connectivity index (χ2n) is 5.15. The van der Waals surface area contributed by atoms with Crippen molar-refractivity contribution >= 4 is 11.6 Å². The molecule has 1 aliphatic heterocycles. The van der Waals surface area contributed by atoms with E-state index in [1.165, 1.54) is 12.4 Å². The molecule has 1 N–H and O–H groups in total. The van der Waals surface area contributed by atoms with Gasteiger partial charge in [-0.1, -0.05) is 18.2 Å². The van der Waals surface area contributed by atoms with E-state index in [4.69, 9.17) is 4.74 Å². The predicted octanol–water partition coefficient (Wildman–Crippen LogP) is 2.34. The summed E-state index contributed by atoms with van der Waals surface area (Å²) in [5.74, 6) is 0.288. The van der Waals surface area contributed by atoms with Gasteiger partial charge in [-0.05, 0) is 18.1 Å². The largest absolute Gasteiger partial charge is 0.492 e. The molecular formula is C15H15F2N3O2. The van der Waals surface area contributed by atoms with E-state index in [-0.39, 0.29) is 11.8 Å². The summed E-state index contributed by atoms with van der Waals surface area (Å²) in [5.41, 5.74) is 1.40. The third-order valence-electron chi connectivity index (χ3n) is 3.48. The van der Waals surface area contributed by atoms with Crippen LogP contribution in [0.2, 0.25) is 0 Å². The fourth-order valence-electron chi connectivity index (χ4n) is 2.41. The number of nitrogens with one attached hydrogen (secondary N) is 1. The predicted molar refractivity (Wildman–Crippen MR) is 76.0 cm³/mol. The van der Waals surface area contributed by atoms with Crippen molar-refractivity contribution in [1.29, 1.82) is 0 Å². The lowest BCUT2D eigenvalue weighted by atomic mass is 9.96. The molecule has 0 saturated carbocycles. The number of para-hydroxylation sites is 1. The Labute approximate surface area is 125 Å². The molecule has 1 amide bonds. The van der Waals surface area contributed by atoms with Crippen LogP contribution in [-0.2, 0) is 17.8 Å². The van der Waals surface area contributed by atoms with Gasteiger partial charge in [0.2, 0.25) is 5.91 Å². The topological polar surface area (TPSA) is 56.2 Å². The third-order valence-corrected chi connectivity index (χ3v) is 3.48. The minimum atomic E-state index is -2.48. The lowest BCUT2D eigenvalue weighted by molar-refractivity contribution is -0.121. The Balaban J connectivity index is 1.62. The molecule has 1 aromatic carbocycles. The van der Waals surface area contributed by atoms with Crippen LogP contribution in [0.4, 0.5) is 14.5 Å². The van der Waals surface area contributed by atoms with Gasteiger partial charge in [0, 0.05) is 6.20 Å². The van der Waals surface area contributed by atoms with Gasteiger partial charge < -0.3 is 10.1 Å². The van der Waals surface area contributed by atoms with E-state index in [2.05, 4.69) is 10.4 Å². The van der Waals surface area contributed by atoms with Gasteiger partial charge in [0.1, 0.15) is 18.9 Å². The van der Waals surface area contributed by atoms with Gasteiger partial charge in [-0.15, -0.1) is 0 Å². The first-order valence-corrected chi connectivity index (χ1v) is 6.94. The second kappa shape index (κ2) is 6.13. The molecule has 0 radical (unpaired) electrons. The molecule has 1 aliphatic rings. The number of nitrogens with zero attached hydrogens (tertiary/aromatic N) is 2. The van der Waals surface area contributed by atoms with Gasteiger partial charge in [0.25, 0.3) is 6.43 Å². The first-order valence-electron chi connectivity index (χ1n) is 6.94. The Hall–Kier alpha value is -2.44. The zero-order valence-corrected chi connectivity index (χ0v) is 11.7. The highest BCUT2D eigenvalue weighted by Gasteiger charge is 2.26. The molecule has 3 rings (SSSR count). The Morgan fingerprint density at radius 1 is 1.45 bits per heavy atom. The van der Waals surface area contributed by atoms with Crippen LogP contribution in [-0.4, -0.2) is 28.7 Å². The molecule has 0 bridgehead atoms. The van der Waals surface area contributed by atoms with Crippen molar-refractivity contribution in [2.24, 2.45) is 5.92 Å². The van der Waals surface area contributed by atoms with Crippen molar-refractivity contribution in [3.05, 3.63) is 42.2 Å². The van der Waals surface area contributed by atoms with Crippen molar-refractivity contribution in [2.75, 3.05) is 11.9 Å². The Morgan fingerprint density at radius 3 is 3.09 bits per heavy atom. The minimum absolute atomic E-state index is 0.203. The number of amides is 1. The molecule has 116 valence electrons. The summed E-state index contributed by atoms with van der Waals surface area (Å²) in [5, 5.41) is 6.47. The summed E-state index contributed by atoms with van der Waals surface area (Å²) in [6.07, 6.45) is 0.860. The molecule has 1 atom stereocenters. The SMILES string of the molecule is O=C(Nc1cnn(CC(F)F)c1)C1COc2ccccc2C1. The molecule has 22 heavy (non-hydrogen) atoms. The molecule has 0 spiro atoms. The van der Waals surface area contributed by atoms with E-state index in [1.807, 2.05) is 24.3 Å². The fraction of sp³-hybridized carbons (Fsp3) is 0.333. The highest BCUT2D eigenvalue weighted by molar-refractivity contribution is 5.92. The van der Waals surface area contributed by atoms with E-state index >= 15 is 0 Å². The van der Waals surface area contributed by atoms with Gasteiger partial charge >= 0.3 is 0 Å². The first-order chi connectivity index (χ1) is 10.6. The first kappa shape index (κ1) is 14.5. The van der Waals surface area contributed by atoms with E-state index in [0.717, 1.165) is 16.0 Å². The van der Waals surface area contributed by atoms with Crippen LogP contribution in [0.15, 0.2) is 36.7 Å². The molecule has 1 unspecified atom stereocenters. The number of anilines is 1. The molecule has 5 nitrogen and oxygen atoms in total. The van der Waals surface area contributed by atoms with Crippen molar-refractivity contribution in [1.82, 2.24) is 9.78 Å². The smallest absolute Gasteiger partial charge is 0.257 e. The van der Waals surface area contributed by atoms with Gasteiger partial charge in [0.15, 0.2) is 0 Å². The van der Waals surface area contributed by atoms with Gasteiger partial charge in [0.05, 0.1) is 17.8 Å². The van der Waals surface area contributed by atoms with E-state index < -0.39 is 13.0 Å². The van der Waals surface area contributed by atoms with Crippen LogP contribution < -0.4 is 10.1 Å². The Kier molecular flexibility index (Phi) is 4.04. The number of ether oxygens (including phenoxy) is 1. The zero-order chi connectivity index (χ0) is 15.5. The average Bonchev–Trinajstić information content (AvgIpc) is 2.93. The Morgan fingerprint density at radius 2 is 2.27 bits per heavy atom. The summed E-state index contributed by atoms with van der Waals surface area (Å²) in [6.45, 7) is -0.191. The molecule has 0 aliphatic carbocycles. The Bertz CT molecular complexity index is 672. The standard InChI is InChI=1S/C15H15F2N3O2/c16-14(17)8-20-7-12(6-18-20)19-15(21)11-5-10-3-1-2-4-13(10)22-9-11/h1-4,6-7,11,14H,5,8-9H2,(H,19,21). The summed E-state index contributed by atoms with van der Waals surface area (Å²) < 4.78 is 31.2. The van der Waals surface area contributed by atoms with Crippen LogP contribution in [0.3, 0.4) is 0 Å². The fourth-order valence-corrected chi connectivity index (χ4v) is 2.41. The molecule has 0 fully saturated rings. The second-order valence-corrected chi connectivity index (χ2v) is 5.15. The summed E-state index contributed by atoms with van der Waals surface area (Å²) in [6, 6.07) is 7.58. The normalized spacial score (nSPS) is 17.0. The van der Waals surface area contributed by atoms with Gasteiger partial charge in [-0.3, -0.25) is 9.48 Å². The summed E-state index contributed by atoms with van der Waals surface area (Å²) >= 11 is 0. The van der Waals surface area contributed by atoms with E-state index in [0.29, 0.717) is 18.7 Å². The lowest BCUT2D eigenvalue weighted by Crippen LogP contribution is -2.32. The third kappa shape index (κ3) is 3.24. The van der Waals surface area contributed by atoms with Crippen molar-refractivity contribution < 1.29 is 18.3 Å². The zero-order valence-electron chi connectivity index (χ0n) is 11.7. The number of rotatable bonds is 4. The molecular weight excluding hydrogens is 292 g/mol. The number of carbonyl (C=O) groups excluding carboxylic acids is 1. The number of benzene rings is 1. The van der Waals surface area contributed by atoms with Crippen molar-refractivity contribution in [3.8, 4) is 5.75 Å². The molecule has 0 saturated heterocycles. The number of hydrogen-bond donors (Lipinski definition) is 1. The summed E-state index contributed by atoms with van der Waals surface area (Å²) in [4.78, 5) is 12.2. The van der Waals surface area contributed by atoms with Crippen LogP contribution in [0.25, 0.3) is 0 Å². The quantitative estimate of drug-likeness (QED) is 0.943. The van der Waals surface area contributed by atoms with Gasteiger partial charge in [-0.2, -0.15) is 5.10 Å². The maximum Gasteiger partial charge on any atom is 0.257 e. The van der Waals surface area contributed by atoms with E-state index in [1.54, 1.807) is 0 Å². The molecule has 1 aromatic heterocycles. The van der Waals surface area contributed by atoms with Crippen LogP contribution in [0.5, 0.6) is 5.75 Å². The number of hydrogen-bond acceptors (Lipinski definition) is 3. The number of fused-ring (bicyclic) bond motifs is 1. The molecule has 7 heteroatoms. The maximum absolute atomic E-state index is 12.3. The van der Waals surface area contributed by atoms with E-state index in [9.17, 15) is 13.6 Å². The monoisotopic (exact) mass is 307 g/mol. The van der Waals surface area contributed by atoms with Crippen molar-refractivity contribution in [3.63, 3.8) is 0 Å². The highest BCUT2D eigenvalue weighted by atomic mass is 19.3. The van der Waals surface area contributed by atoms with Gasteiger partial charge in [-0.25, -0.2) is 8.78 Å². The molecule has 2 heterocycles. The van der Waals surface area contributed by atoms with Crippen LogP contribution in [0.1, 0.15) is 5.56 Å². The number of carbonyl (C=O) groups is 1.